The highest BCUT2D eigenvalue weighted by atomic mass is 16.5. The molecule has 0 unspecified atom stereocenters. The summed E-state index contributed by atoms with van der Waals surface area (Å²) in [7, 11) is 0. The molecule has 0 radical (unpaired) electrons. The number of hydrogen-bond donors (Lipinski definition) is 0. The molecule has 1 heterocycles. The van der Waals surface area contributed by atoms with E-state index in [1.807, 2.05) is 13.3 Å². The van der Waals surface area contributed by atoms with Crippen LogP contribution in [0.3, 0.4) is 0 Å². The first-order valence-corrected chi connectivity index (χ1v) is 5.31. The SMILES string of the molecule is CCCCOCCn1cnc(C)c1C. The smallest absolute Gasteiger partial charge is 0.0952 e. The molecule has 0 amide bonds. The number of ether oxygens (including phenoxy) is 1. The first-order valence-electron chi connectivity index (χ1n) is 5.31. The molecule has 0 aliphatic carbocycles. The van der Waals surface area contributed by atoms with Gasteiger partial charge in [-0.1, -0.05) is 13.3 Å². The van der Waals surface area contributed by atoms with Crippen LogP contribution in [0.4, 0.5) is 0 Å². The summed E-state index contributed by atoms with van der Waals surface area (Å²) in [5.41, 5.74) is 2.35. The number of hydrogen-bond acceptors (Lipinski definition) is 2. The maximum Gasteiger partial charge on any atom is 0.0952 e. The minimum absolute atomic E-state index is 0.788. The molecule has 0 aliphatic rings. The van der Waals surface area contributed by atoms with Crippen LogP contribution in [-0.4, -0.2) is 22.8 Å². The van der Waals surface area contributed by atoms with Crippen LogP contribution in [0, 0.1) is 13.8 Å². The summed E-state index contributed by atoms with van der Waals surface area (Å²) in [6, 6.07) is 0. The fourth-order valence-electron chi connectivity index (χ4n) is 1.28. The summed E-state index contributed by atoms with van der Waals surface area (Å²) in [4.78, 5) is 4.24. The summed E-state index contributed by atoms with van der Waals surface area (Å²) in [5, 5.41) is 0. The van der Waals surface area contributed by atoms with Gasteiger partial charge in [-0.15, -0.1) is 0 Å². The summed E-state index contributed by atoms with van der Waals surface area (Å²) < 4.78 is 7.63. The van der Waals surface area contributed by atoms with Crippen LogP contribution in [0.1, 0.15) is 31.2 Å². The molecular weight excluding hydrogens is 176 g/mol. The Morgan fingerprint density at radius 3 is 2.71 bits per heavy atom. The van der Waals surface area contributed by atoms with Crippen molar-refractivity contribution < 1.29 is 4.74 Å². The lowest BCUT2D eigenvalue weighted by molar-refractivity contribution is 0.123. The fourth-order valence-corrected chi connectivity index (χ4v) is 1.28. The van der Waals surface area contributed by atoms with Crippen molar-refractivity contribution in [2.24, 2.45) is 0 Å². The highest BCUT2D eigenvalue weighted by Crippen LogP contribution is 2.03. The van der Waals surface area contributed by atoms with E-state index in [0.29, 0.717) is 0 Å². The highest BCUT2D eigenvalue weighted by Gasteiger charge is 2.00. The van der Waals surface area contributed by atoms with Gasteiger partial charge in [0.25, 0.3) is 0 Å². The topological polar surface area (TPSA) is 27.1 Å². The predicted molar refractivity (Wildman–Crippen MR) is 57.4 cm³/mol. The van der Waals surface area contributed by atoms with Crippen LogP contribution in [0.15, 0.2) is 6.33 Å². The van der Waals surface area contributed by atoms with Crippen molar-refractivity contribution in [2.45, 2.75) is 40.2 Å². The van der Waals surface area contributed by atoms with Gasteiger partial charge in [0, 0.05) is 18.8 Å². The summed E-state index contributed by atoms with van der Waals surface area (Å²) in [5.74, 6) is 0. The van der Waals surface area contributed by atoms with Crippen molar-refractivity contribution in [1.82, 2.24) is 9.55 Å². The first-order chi connectivity index (χ1) is 6.75. The highest BCUT2D eigenvalue weighted by molar-refractivity contribution is 5.08. The number of nitrogens with zero attached hydrogens (tertiary/aromatic N) is 2. The Morgan fingerprint density at radius 1 is 1.36 bits per heavy atom. The van der Waals surface area contributed by atoms with Gasteiger partial charge in [-0.25, -0.2) is 4.98 Å². The van der Waals surface area contributed by atoms with Crippen LogP contribution in [0.2, 0.25) is 0 Å². The molecule has 0 fully saturated rings. The summed E-state index contributed by atoms with van der Waals surface area (Å²) in [6.07, 6.45) is 4.24. The van der Waals surface area contributed by atoms with Gasteiger partial charge >= 0.3 is 0 Å². The molecule has 0 bridgehead atoms. The third kappa shape index (κ3) is 3.14. The lowest BCUT2D eigenvalue weighted by atomic mass is 10.4. The molecule has 0 spiro atoms. The Hall–Kier alpha value is -0.830. The molecule has 0 saturated heterocycles. The van der Waals surface area contributed by atoms with Gasteiger partial charge in [-0.05, 0) is 20.3 Å². The second kappa shape index (κ2) is 5.81. The molecule has 0 atom stereocenters. The van der Waals surface area contributed by atoms with Crippen LogP contribution >= 0.6 is 0 Å². The second-order valence-corrected chi connectivity index (χ2v) is 3.57. The van der Waals surface area contributed by atoms with E-state index in [9.17, 15) is 0 Å². The second-order valence-electron chi connectivity index (χ2n) is 3.57. The van der Waals surface area contributed by atoms with Gasteiger partial charge in [0.15, 0.2) is 0 Å². The molecule has 3 heteroatoms. The Bertz CT molecular complexity index is 268. The summed E-state index contributed by atoms with van der Waals surface area (Å²) in [6.45, 7) is 8.88. The van der Waals surface area contributed by atoms with E-state index in [4.69, 9.17) is 4.74 Å². The molecular formula is C11H20N2O. The lowest BCUT2D eigenvalue weighted by Crippen LogP contribution is -2.07. The van der Waals surface area contributed by atoms with E-state index in [0.717, 1.165) is 31.9 Å². The molecule has 1 aromatic rings. The monoisotopic (exact) mass is 196 g/mol. The van der Waals surface area contributed by atoms with Crippen molar-refractivity contribution in [3.05, 3.63) is 17.7 Å². The van der Waals surface area contributed by atoms with Crippen molar-refractivity contribution in [2.75, 3.05) is 13.2 Å². The lowest BCUT2D eigenvalue weighted by Gasteiger charge is -2.06. The van der Waals surface area contributed by atoms with E-state index < -0.39 is 0 Å². The minimum atomic E-state index is 0.788. The molecule has 0 aliphatic heterocycles. The molecule has 0 N–H and O–H groups in total. The Balaban J connectivity index is 2.21. The largest absolute Gasteiger partial charge is 0.380 e. The summed E-state index contributed by atoms with van der Waals surface area (Å²) >= 11 is 0. The van der Waals surface area contributed by atoms with E-state index in [-0.39, 0.29) is 0 Å². The minimum Gasteiger partial charge on any atom is -0.380 e. The molecule has 80 valence electrons. The van der Waals surface area contributed by atoms with E-state index in [1.165, 1.54) is 12.1 Å². The van der Waals surface area contributed by atoms with Crippen LogP contribution in [-0.2, 0) is 11.3 Å². The maximum atomic E-state index is 5.49. The quantitative estimate of drug-likeness (QED) is 0.653. The molecule has 0 saturated carbocycles. The van der Waals surface area contributed by atoms with E-state index in [1.54, 1.807) is 0 Å². The standard InChI is InChI=1S/C11H20N2O/c1-4-5-7-14-8-6-13-9-12-10(2)11(13)3/h9H,4-8H2,1-3H3. The molecule has 0 aromatic carbocycles. The number of rotatable bonds is 6. The zero-order valence-electron chi connectivity index (χ0n) is 9.42. The van der Waals surface area contributed by atoms with Gasteiger partial charge in [0.05, 0.1) is 18.6 Å². The number of imidazole rings is 1. The first kappa shape index (κ1) is 11.2. The molecule has 1 rings (SSSR count). The Kier molecular flexibility index (Phi) is 4.66. The number of unbranched alkanes of at least 4 members (excludes halogenated alkanes) is 1. The van der Waals surface area contributed by atoms with Gasteiger partial charge in [-0.3, -0.25) is 0 Å². The average molecular weight is 196 g/mol. The van der Waals surface area contributed by atoms with Gasteiger partial charge in [0.1, 0.15) is 0 Å². The normalized spacial score (nSPS) is 10.8. The Labute approximate surface area is 86.1 Å². The van der Waals surface area contributed by atoms with Gasteiger partial charge < -0.3 is 9.30 Å². The van der Waals surface area contributed by atoms with E-state index in [2.05, 4.69) is 23.4 Å². The van der Waals surface area contributed by atoms with E-state index >= 15 is 0 Å². The Morgan fingerprint density at radius 2 is 2.14 bits per heavy atom. The van der Waals surface area contributed by atoms with Crippen molar-refractivity contribution >= 4 is 0 Å². The van der Waals surface area contributed by atoms with Crippen LogP contribution < -0.4 is 0 Å². The molecule has 1 aromatic heterocycles. The van der Waals surface area contributed by atoms with Gasteiger partial charge in [-0.2, -0.15) is 0 Å². The third-order valence-electron chi connectivity index (χ3n) is 2.46. The van der Waals surface area contributed by atoms with Gasteiger partial charge in [0.2, 0.25) is 0 Å². The van der Waals surface area contributed by atoms with Crippen molar-refractivity contribution in [3.63, 3.8) is 0 Å². The number of aryl methyl sites for hydroxylation is 1. The van der Waals surface area contributed by atoms with Crippen LogP contribution in [0.5, 0.6) is 0 Å². The maximum absolute atomic E-state index is 5.49. The zero-order valence-corrected chi connectivity index (χ0v) is 9.42. The van der Waals surface area contributed by atoms with Crippen molar-refractivity contribution in [1.29, 1.82) is 0 Å². The average Bonchev–Trinajstić information content (AvgIpc) is 2.49. The third-order valence-corrected chi connectivity index (χ3v) is 2.46. The van der Waals surface area contributed by atoms with Crippen molar-refractivity contribution in [3.8, 4) is 0 Å². The van der Waals surface area contributed by atoms with Crippen LogP contribution in [0.25, 0.3) is 0 Å². The predicted octanol–water partition coefficient (Wildman–Crippen LogP) is 2.32. The number of aromatic nitrogens is 2. The molecule has 3 nitrogen and oxygen atoms in total. The molecule has 14 heavy (non-hydrogen) atoms. The zero-order chi connectivity index (χ0) is 10.4. The fraction of sp³-hybridized carbons (Fsp3) is 0.727.